The number of hydrogen-bond acceptors (Lipinski definition) is 5. The van der Waals surface area contributed by atoms with Crippen LogP contribution in [-0.4, -0.2) is 47.0 Å². The smallest absolute Gasteiger partial charge is 0.227 e. The molecule has 1 saturated heterocycles. The summed E-state index contributed by atoms with van der Waals surface area (Å²) in [7, 11) is 0. The van der Waals surface area contributed by atoms with Crippen LogP contribution in [0.4, 0.5) is 5.82 Å². The van der Waals surface area contributed by atoms with Crippen LogP contribution in [-0.2, 0) is 17.6 Å². The van der Waals surface area contributed by atoms with Crippen LogP contribution >= 0.6 is 11.3 Å². The average Bonchev–Trinajstić information content (AvgIpc) is 3.08. The highest BCUT2D eigenvalue weighted by Crippen LogP contribution is 2.15. The molecule has 116 valence electrons. The Morgan fingerprint density at radius 3 is 2.77 bits per heavy atom. The second-order valence-electron chi connectivity index (χ2n) is 5.40. The fourth-order valence-corrected chi connectivity index (χ4v) is 3.29. The molecule has 5 nitrogen and oxygen atoms in total. The maximum absolute atomic E-state index is 12.3. The molecule has 3 heterocycles. The number of rotatable bonds is 4. The molecule has 1 fully saturated rings. The van der Waals surface area contributed by atoms with Crippen molar-refractivity contribution in [1.82, 2.24) is 14.9 Å². The fraction of sp³-hybridized carbons (Fsp3) is 0.438. The predicted octanol–water partition coefficient (Wildman–Crippen LogP) is 1.99. The summed E-state index contributed by atoms with van der Waals surface area (Å²) in [6.07, 6.45) is 3.05. The normalized spacial score (nSPS) is 15.1. The SMILES string of the molecule is CCc1cc(N2CCN(C(=O)Cc3ccsc3)CC2)ncn1. The van der Waals surface area contributed by atoms with E-state index in [1.807, 2.05) is 27.8 Å². The van der Waals surface area contributed by atoms with Gasteiger partial charge < -0.3 is 9.80 Å². The summed E-state index contributed by atoms with van der Waals surface area (Å²) in [5.41, 5.74) is 2.17. The molecule has 0 saturated carbocycles. The summed E-state index contributed by atoms with van der Waals surface area (Å²) in [6.45, 7) is 5.26. The van der Waals surface area contributed by atoms with Gasteiger partial charge in [0.2, 0.25) is 5.91 Å². The molecule has 0 spiro atoms. The number of carbonyl (C=O) groups is 1. The molecule has 1 amide bonds. The minimum absolute atomic E-state index is 0.218. The third kappa shape index (κ3) is 3.44. The molecular weight excluding hydrogens is 296 g/mol. The summed E-state index contributed by atoms with van der Waals surface area (Å²) >= 11 is 1.64. The highest BCUT2D eigenvalue weighted by molar-refractivity contribution is 7.07. The lowest BCUT2D eigenvalue weighted by Gasteiger charge is -2.35. The second-order valence-corrected chi connectivity index (χ2v) is 6.18. The quantitative estimate of drug-likeness (QED) is 0.865. The van der Waals surface area contributed by atoms with Crippen molar-refractivity contribution in [3.05, 3.63) is 40.5 Å². The van der Waals surface area contributed by atoms with Gasteiger partial charge in [0.25, 0.3) is 0 Å². The monoisotopic (exact) mass is 316 g/mol. The van der Waals surface area contributed by atoms with Gasteiger partial charge in [0.05, 0.1) is 6.42 Å². The van der Waals surface area contributed by atoms with Gasteiger partial charge in [-0.15, -0.1) is 0 Å². The van der Waals surface area contributed by atoms with Crippen molar-refractivity contribution >= 4 is 23.1 Å². The lowest BCUT2D eigenvalue weighted by atomic mass is 10.2. The van der Waals surface area contributed by atoms with E-state index in [1.54, 1.807) is 17.7 Å². The van der Waals surface area contributed by atoms with E-state index in [0.29, 0.717) is 6.42 Å². The van der Waals surface area contributed by atoms with E-state index < -0.39 is 0 Å². The van der Waals surface area contributed by atoms with E-state index in [4.69, 9.17) is 0 Å². The van der Waals surface area contributed by atoms with Crippen molar-refractivity contribution in [2.75, 3.05) is 31.1 Å². The van der Waals surface area contributed by atoms with Crippen molar-refractivity contribution in [2.45, 2.75) is 19.8 Å². The molecule has 22 heavy (non-hydrogen) atoms. The van der Waals surface area contributed by atoms with Crippen molar-refractivity contribution in [2.24, 2.45) is 0 Å². The van der Waals surface area contributed by atoms with Gasteiger partial charge in [-0.25, -0.2) is 9.97 Å². The number of piperazine rings is 1. The maximum Gasteiger partial charge on any atom is 0.227 e. The minimum atomic E-state index is 0.218. The van der Waals surface area contributed by atoms with Gasteiger partial charge in [0.15, 0.2) is 0 Å². The van der Waals surface area contributed by atoms with Crippen LogP contribution < -0.4 is 4.90 Å². The molecule has 0 aliphatic carbocycles. The van der Waals surface area contributed by atoms with Crippen LogP contribution in [0.5, 0.6) is 0 Å². The van der Waals surface area contributed by atoms with Gasteiger partial charge in [0, 0.05) is 37.9 Å². The zero-order valence-electron chi connectivity index (χ0n) is 12.7. The number of aryl methyl sites for hydroxylation is 1. The Morgan fingerprint density at radius 1 is 1.27 bits per heavy atom. The first-order valence-corrected chi connectivity index (χ1v) is 8.55. The summed E-state index contributed by atoms with van der Waals surface area (Å²) in [4.78, 5) is 25.1. The average molecular weight is 316 g/mol. The zero-order chi connectivity index (χ0) is 15.4. The number of nitrogens with zero attached hydrogens (tertiary/aromatic N) is 4. The number of anilines is 1. The highest BCUT2D eigenvalue weighted by Gasteiger charge is 2.22. The lowest BCUT2D eigenvalue weighted by Crippen LogP contribution is -2.49. The molecule has 0 N–H and O–H groups in total. The molecule has 6 heteroatoms. The number of thiophene rings is 1. The number of amides is 1. The Labute approximate surface area is 134 Å². The van der Waals surface area contributed by atoms with E-state index in [1.165, 1.54) is 0 Å². The minimum Gasteiger partial charge on any atom is -0.353 e. The molecule has 1 aliphatic heterocycles. The second kappa shape index (κ2) is 6.87. The van der Waals surface area contributed by atoms with Gasteiger partial charge >= 0.3 is 0 Å². The third-order valence-corrected chi connectivity index (χ3v) is 4.70. The summed E-state index contributed by atoms with van der Waals surface area (Å²) in [5, 5.41) is 4.06. The molecule has 3 rings (SSSR count). The van der Waals surface area contributed by atoms with Crippen LogP contribution in [0.25, 0.3) is 0 Å². The van der Waals surface area contributed by atoms with Crippen LogP contribution in [0.15, 0.2) is 29.2 Å². The molecule has 1 aliphatic rings. The van der Waals surface area contributed by atoms with E-state index in [9.17, 15) is 4.79 Å². The van der Waals surface area contributed by atoms with Gasteiger partial charge in [0.1, 0.15) is 12.1 Å². The zero-order valence-corrected chi connectivity index (χ0v) is 13.6. The van der Waals surface area contributed by atoms with Crippen LogP contribution in [0.3, 0.4) is 0 Å². The molecule has 0 radical (unpaired) electrons. The van der Waals surface area contributed by atoms with Crippen LogP contribution in [0.1, 0.15) is 18.2 Å². The van der Waals surface area contributed by atoms with Crippen molar-refractivity contribution in [3.8, 4) is 0 Å². The first-order valence-electron chi connectivity index (χ1n) is 7.61. The standard InChI is InChI=1S/C16H20N4OS/c1-2-14-10-15(18-12-17-14)19-4-6-20(7-5-19)16(21)9-13-3-8-22-11-13/h3,8,10-12H,2,4-7,9H2,1H3. The lowest BCUT2D eigenvalue weighted by molar-refractivity contribution is -0.130. The summed E-state index contributed by atoms with van der Waals surface area (Å²) in [6, 6.07) is 4.06. The fourth-order valence-electron chi connectivity index (χ4n) is 2.62. The van der Waals surface area contributed by atoms with Gasteiger partial charge in [-0.3, -0.25) is 4.79 Å². The van der Waals surface area contributed by atoms with Gasteiger partial charge in [-0.2, -0.15) is 11.3 Å². The Bertz CT molecular complexity index is 621. The topological polar surface area (TPSA) is 49.3 Å². The van der Waals surface area contributed by atoms with Crippen LogP contribution in [0.2, 0.25) is 0 Å². The number of carbonyl (C=O) groups excluding carboxylic acids is 1. The van der Waals surface area contributed by atoms with Crippen molar-refractivity contribution in [3.63, 3.8) is 0 Å². The molecule has 2 aromatic heterocycles. The predicted molar refractivity (Wildman–Crippen MR) is 88.2 cm³/mol. The number of hydrogen-bond donors (Lipinski definition) is 0. The van der Waals surface area contributed by atoms with Crippen LogP contribution in [0, 0.1) is 0 Å². The Morgan fingerprint density at radius 2 is 2.09 bits per heavy atom. The largest absolute Gasteiger partial charge is 0.353 e. The van der Waals surface area contributed by atoms with Gasteiger partial charge in [-0.05, 0) is 28.8 Å². The van der Waals surface area contributed by atoms with E-state index >= 15 is 0 Å². The van der Waals surface area contributed by atoms with E-state index in [-0.39, 0.29) is 5.91 Å². The van der Waals surface area contributed by atoms with Crippen molar-refractivity contribution < 1.29 is 4.79 Å². The van der Waals surface area contributed by atoms with Crippen molar-refractivity contribution in [1.29, 1.82) is 0 Å². The first kappa shape index (κ1) is 15.0. The molecule has 2 aromatic rings. The van der Waals surface area contributed by atoms with E-state index in [2.05, 4.69) is 21.8 Å². The Balaban J connectivity index is 1.56. The molecule has 0 aromatic carbocycles. The molecule has 0 unspecified atom stereocenters. The molecule has 0 bridgehead atoms. The summed E-state index contributed by atoms with van der Waals surface area (Å²) < 4.78 is 0. The Hall–Kier alpha value is -1.95. The third-order valence-electron chi connectivity index (χ3n) is 3.96. The Kier molecular flexibility index (Phi) is 4.68. The molecule has 0 atom stereocenters. The van der Waals surface area contributed by atoms with E-state index in [0.717, 1.165) is 49.7 Å². The first-order chi connectivity index (χ1) is 10.8. The highest BCUT2D eigenvalue weighted by atomic mass is 32.1. The summed E-state index contributed by atoms with van der Waals surface area (Å²) in [5.74, 6) is 1.19. The maximum atomic E-state index is 12.3. The molecular formula is C16H20N4OS. The van der Waals surface area contributed by atoms with Gasteiger partial charge in [-0.1, -0.05) is 6.92 Å². The number of aromatic nitrogens is 2.